The minimum Gasteiger partial charge on any atom is -0.493 e. The summed E-state index contributed by atoms with van der Waals surface area (Å²) in [5.41, 5.74) is 0.978. The molecule has 220 valence electrons. The summed E-state index contributed by atoms with van der Waals surface area (Å²) in [4.78, 5) is 21.6. The summed E-state index contributed by atoms with van der Waals surface area (Å²) in [7, 11) is 1.59. The van der Waals surface area contributed by atoms with Crippen LogP contribution >= 0.6 is 47.7 Å². The van der Waals surface area contributed by atoms with E-state index in [1.165, 1.54) is 9.44 Å². The van der Waals surface area contributed by atoms with Gasteiger partial charge in [-0.2, -0.15) is 0 Å². The number of carbonyl (C=O) groups is 1. The minimum atomic E-state index is -0.385. The van der Waals surface area contributed by atoms with Crippen LogP contribution in [0.15, 0.2) is 53.3 Å². The van der Waals surface area contributed by atoms with E-state index in [0.29, 0.717) is 51.3 Å². The van der Waals surface area contributed by atoms with Crippen molar-refractivity contribution in [1.82, 2.24) is 20.4 Å². The molecule has 41 heavy (non-hydrogen) atoms. The van der Waals surface area contributed by atoms with Crippen LogP contribution in [0.3, 0.4) is 0 Å². The van der Waals surface area contributed by atoms with Crippen molar-refractivity contribution in [2.24, 2.45) is 0 Å². The average molecular weight is 717 g/mol. The second-order valence-electron chi connectivity index (χ2n) is 10.1. The van der Waals surface area contributed by atoms with Crippen molar-refractivity contribution in [3.05, 3.63) is 54.6 Å². The van der Waals surface area contributed by atoms with Crippen LogP contribution in [-0.4, -0.2) is 47.5 Å². The monoisotopic (exact) mass is 716 g/mol. The van der Waals surface area contributed by atoms with Gasteiger partial charge in [0.25, 0.3) is 0 Å². The first-order chi connectivity index (χ1) is 18.7. The molecule has 0 bridgehead atoms. The van der Waals surface area contributed by atoms with E-state index in [4.69, 9.17) is 18.7 Å². The van der Waals surface area contributed by atoms with Gasteiger partial charge in [-0.15, -0.1) is 24.8 Å². The summed E-state index contributed by atoms with van der Waals surface area (Å²) in [5, 5.41) is 10.8. The third-order valence-electron chi connectivity index (χ3n) is 6.11. The number of urea groups is 1. The Bertz CT molecular complexity index is 1490. The molecule has 1 unspecified atom stereocenters. The zero-order valence-corrected chi connectivity index (χ0v) is 26.6. The first kappa shape index (κ1) is 32.4. The molecule has 3 heterocycles. The lowest BCUT2D eigenvalue weighted by Gasteiger charge is -2.17. The molecule has 0 aliphatic carbocycles. The fraction of sp³-hybridized carbons (Fsp3) is 0.333. The Labute approximate surface area is 264 Å². The molecule has 2 aromatic carbocycles. The molecular formula is C27H31Cl2IN6O5. The Kier molecular flexibility index (Phi) is 10.9. The number of rotatable bonds is 7. The number of aromatic nitrogens is 3. The standard InChI is InChI=1S/C27H29IN6O5.2ClH/c1-27(2,3)23-13-24(33-39-23)34(28)26(35)32-16-6-5-7-17(10-16)38-25-19-11-21(36-4)22(12-20(19)30-15-31-25)37-18-8-9-29-14-18;;/h5-7,10-13,15,18,29H,8-9,14H2,1-4H3,(H,32,35);2*1H. The van der Waals surface area contributed by atoms with Crippen LogP contribution in [0.2, 0.25) is 0 Å². The molecule has 4 aromatic rings. The van der Waals surface area contributed by atoms with E-state index < -0.39 is 0 Å². The van der Waals surface area contributed by atoms with Crippen molar-refractivity contribution < 1.29 is 23.5 Å². The molecule has 1 aliphatic rings. The molecule has 2 amide bonds. The maximum atomic E-state index is 12.9. The lowest BCUT2D eigenvalue weighted by Crippen LogP contribution is -2.26. The molecule has 0 spiro atoms. The third kappa shape index (κ3) is 7.61. The molecule has 14 heteroatoms. The van der Waals surface area contributed by atoms with E-state index in [0.717, 1.165) is 19.5 Å². The summed E-state index contributed by atoms with van der Waals surface area (Å²) in [6.07, 6.45) is 2.45. The van der Waals surface area contributed by atoms with Gasteiger partial charge in [0.2, 0.25) is 5.88 Å². The lowest BCUT2D eigenvalue weighted by atomic mass is 9.93. The first-order valence-electron chi connectivity index (χ1n) is 12.4. The van der Waals surface area contributed by atoms with E-state index in [-0.39, 0.29) is 42.4 Å². The summed E-state index contributed by atoms with van der Waals surface area (Å²) in [6, 6.07) is 12.0. The van der Waals surface area contributed by atoms with E-state index in [2.05, 4.69) is 25.8 Å². The van der Waals surface area contributed by atoms with Gasteiger partial charge in [0.1, 0.15) is 23.9 Å². The number of ether oxygens (including phenoxy) is 3. The van der Waals surface area contributed by atoms with Gasteiger partial charge in [0, 0.05) is 35.8 Å². The second-order valence-corrected chi connectivity index (χ2v) is 11.0. The Morgan fingerprint density at radius 3 is 2.63 bits per heavy atom. The zero-order chi connectivity index (χ0) is 27.6. The highest BCUT2D eigenvalue weighted by atomic mass is 127. The number of anilines is 2. The quantitative estimate of drug-likeness (QED) is 0.159. The lowest BCUT2D eigenvalue weighted by molar-refractivity contribution is 0.213. The van der Waals surface area contributed by atoms with Gasteiger partial charge >= 0.3 is 6.03 Å². The van der Waals surface area contributed by atoms with Gasteiger partial charge in [0.15, 0.2) is 17.3 Å². The number of benzene rings is 2. The van der Waals surface area contributed by atoms with Crippen molar-refractivity contribution in [3.8, 4) is 23.1 Å². The van der Waals surface area contributed by atoms with Crippen molar-refractivity contribution in [2.75, 3.05) is 28.6 Å². The molecule has 0 saturated carbocycles. The number of methoxy groups -OCH3 is 1. The van der Waals surface area contributed by atoms with E-state index in [1.807, 2.05) is 55.8 Å². The maximum Gasteiger partial charge on any atom is 0.336 e. The highest BCUT2D eigenvalue weighted by Gasteiger charge is 2.24. The molecule has 2 N–H and O–H groups in total. The molecular weight excluding hydrogens is 686 g/mol. The van der Waals surface area contributed by atoms with E-state index in [1.54, 1.807) is 37.4 Å². The first-order valence-corrected chi connectivity index (χ1v) is 13.4. The van der Waals surface area contributed by atoms with Crippen molar-refractivity contribution in [2.45, 2.75) is 38.7 Å². The summed E-state index contributed by atoms with van der Waals surface area (Å²) in [5.74, 6) is 3.12. The predicted octanol–water partition coefficient (Wildman–Crippen LogP) is 6.69. The predicted molar refractivity (Wildman–Crippen MR) is 170 cm³/mol. The smallest absolute Gasteiger partial charge is 0.336 e. The Morgan fingerprint density at radius 1 is 1.15 bits per heavy atom. The molecule has 1 atom stereocenters. The van der Waals surface area contributed by atoms with Crippen molar-refractivity contribution in [3.63, 3.8) is 0 Å². The van der Waals surface area contributed by atoms with Crippen LogP contribution < -0.4 is 28.0 Å². The molecule has 0 radical (unpaired) electrons. The number of nitrogens with one attached hydrogen (secondary N) is 2. The highest BCUT2D eigenvalue weighted by Crippen LogP contribution is 2.37. The summed E-state index contributed by atoms with van der Waals surface area (Å²) in [6.45, 7) is 7.75. The van der Waals surface area contributed by atoms with Crippen LogP contribution in [-0.2, 0) is 5.41 Å². The minimum absolute atomic E-state index is 0. The summed E-state index contributed by atoms with van der Waals surface area (Å²) >= 11 is 1.89. The van der Waals surface area contributed by atoms with Crippen LogP contribution in [0.4, 0.5) is 16.3 Å². The van der Waals surface area contributed by atoms with Crippen LogP contribution in [0.25, 0.3) is 10.9 Å². The van der Waals surface area contributed by atoms with E-state index >= 15 is 0 Å². The zero-order valence-electron chi connectivity index (χ0n) is 22.8. The molecule has 1 fully saturated rings. The molecule has 1 aliphatic heterocycles. The number of halogens is 3. The van der Waals surface area contributed by atoms with E-state index in [9.17, 15) is 4.79 Å². The largest absolute Gasteiger partial charge is 0.493 e. The van der Waals surface area contributed by atoms with Crippen molar-refractivity contribution in [1.29, 1.82) is 0 Å². The number of fused-ring (bicyclic) bond motifs is 1. The number of nitrogens with zero attached hydrogens (tertiary/aromatic N) is 4. The Hall–Kier alpha value is -3.07. The van der Waals surface area contributed by atoms with Crippen molar-refractivity contribution >= 4 is 76.1 Å². The average Bonchev–Trinajstić information content (AvgIpc) is 3.61. The number of amides is 2. The normalized spacial score (nSPS) is 14.5. The molecule has 5 rings (SSSR count). The fourth-order valence-corrected chi connectivity index (χ4v) is 4.37. The van der Waals surface area contributed by atoms with Crippen LogP contribution in [0, 0.1) is 0 Å². The van der Waals surface area contributed by atoms with Gasteiger partial charge in [-0.3, -0.25) is 0 Å². The van der Waals surface area contributed by atoms with Gasteiger partial charge < -0.3 is 29.4 Å². The fourth-order valence-electron chi connectivity index (χ4n) is 4.02. The van der Waals surface area contributed by atoms with Gasteiger partial charge in [-0.05, 0) is 31.2 Å². The Balaban J connectivity index is 0.00000231. The highest BCUT2D eigenvalue weighted by molar-refractivity contribution is 14.1. The van der Waals surface area contributed by atoms with Gasteiger partial charge in [0.05, 0.1) is 40.9 Å². The molecule has 1 saturated heterocycles. The second kappa shape index (κ2) is 13.7. The Morgan fingerprint density at radius 2 is 1.95 bits per heavy atom. The number of hydrogen-bond donors (Lipinski definition) is 2. The van der Waals surface area contributed by atoms with Crippen LogP contribution in [0.5, 0.6) is 23.1 Å². The van der Waals surface area contributed by atoms with Gasteiger partial charge in [-0.25, -0.2) is 17.9 Å². The molecule has 2 aromatic heterocycles. The molecule has 11 nitrogen and oxygen atoms in total. The summed E-state index contributed by atoms with van der Waals surface area (Å²) < 4.78 is 24.6. The number of carbonyl (C=O) groups excluding carboxylic acids is 1. The maximum absolute atomic E-state index is 12.9. The van der Waals surface area contributed by atoms with Crippen LogP contribution in [0.1, 0.15) is 33.0 Å². The third-order valence-corrected chi connectivity index (χ3v) is 7.04. The topological polar surface area (TPSA) is 124 Å². The number of hydrogen-bond acceptors (Lipinski definition) is 9. The SMILES string of the molecule is COc1cc2c(Oc3cccc(NC(=O)N(I)c4cc(C(C)(C)C)on4)c3)ncnc2cc1OC1CCNC1.Cl.Cl. The van der Waals surface area contributed by atoms with Gasteiger partial charge in [-0.1, -0.05) is 32.0 Å².